The highest BCUT2D eigenvalue weighted by atomic mass is 32.2. The van der Waals surface area contributed by atoms with Crippen LogP contribution < -0.4 is 0 Å². The van der Waals surface area contributed by atoms with Crippen LogP contribution in [0.5, 0.6) is 0 Å². The molecule has 5 rings (SSSR count). The minimum atomic E-state index is -3.58. The topological polar surface area (TPSA) is 70.2 Å². The molecule has 0 N–H and O–H groups in total. The van der Waals surface area contributed by atoms with Crippen molar-refractivity contribution in [3.63, 3.8) is 0 Å². The van der Waals surface area contributed by atoms with Gasteiger partial charge in [-0.25, -0.2) is 8.42 Å². The molecule has 0 bridgehead atoms. The second-order valence-electron chi connectivity index (χ2n) is 9.03. The lowest BCUT2D eigenvalue weighted by Crippen LogP contribution is -2.57. The number of amides is 1. The van der Waals surface area contributed by atoms with E-state index < -0.39 is 10.0 Å². The molecule has 172 valence electrons. The molecule has 32 heavy (non-hydrogen) atoms. The van der Waals surface area contributed by atoms with E-state index in [0.717, 1.165) is 30.2 Å². The van der Waals surface area contributed by atoms with Gasteiger partial charge < -0.3 is 9.64 Å². The fourth-order valence-corrected chi connectivity index (χ4v) is 6.76. The number of fused-ring (bicyclic) bond motifs is 2. The Hall–Kier alpha value is -2.00. The van der Waals surface area contributed by atoms with E-state index in [1.807, 2.05) is 35.2 Å². The lowest BCUT2D eigenvalue weighted by molar-refractivity contribution is -0.140. The van der Waals surface area contributed by atoms with Gasteiger partial charge in [0, 0.05) is 38.8 Å². The van der Waals surface area contributed by atoms with E-state index in [2.05, 4.69) is 4.90 Å². The fourth-order valence-electron chi connectivity index (χ4n) is 5.30. The Morgan fingerprint density at radius 3 is 2.50 bits per heavy atom. The van der Waals surface area contributed by atoms with Gasteiger partial charge in [0.2, 0.25) is 15.9 Å². The van der Waals surface area contributed by atoms with Crippen LogP contribution in [0.25, 0.3) is 10.8 Å². The van der Waals surface area contributed by atoms with Crippen molar-refractivity contribution in [2.75, 3.05) is 45.9 Å². The lowest BCUT2D eigenvalue weighted by atomic mass is 9.90. The maximum absolute atomic E-state index is 13.2. The van der Waals surface area contributed by atoms with Gasteiger partial charge in [-0.2, -0.15) is 4.31 Å². The quantitative estimate of drug-likeness (QED) is 0.705. The Kier molecular flexibility index (Phi) is 6.20. The van der Waals surface area contributed by atoms with E-state index in [-0.39, 0.29) is 12.0 Å². The third-order valence-corrected chi connectivity index (χ3v) is 9.03. The number of nitrogens with zero attached hydrogens (tertiary/aromatic N) is 3. The average molecular weight is 458 g/mol. The smallest absolute Gasteiger partial charge is 0.243 e. The zero-order valence-electron chi connectivity index (χ0n) is 18.4. The van der Waals surface area contributed by atoms with Crippen LogP contribution in [0.2, 0.25) is 0 Å². The van der Waals surface area contributed by atoms with Crippen molar-refractivity contribution in [2.24, 2.45) is 0 Å². The monoisotopic (exact) mass is 457 g/mol. The maximum Gasteiger partial charge on any atom is 0.243 e. The molecular formula is C24H31N3O4S. The molecule has 0 aromatic heterocycles. The SMILES string of the molecule is O=C(CN1CCOC2CCCCC21)N1CCN(S(=O)(=O)c2ccc3ccccc3c2)CC1. The molecule has 2 saturated heterocycles. The van der Waals surface area contributed by atoms with Crippen LogP contribution in [0.4, 0.5) is 0 Å². The Labute approximate surface area is 190 Å². The second-order valence-corrected chi connectivity index (χ2v) is 11.0. The zero-order chi connectivity index (χ0) is 22.1. The summed E-state index contributed by atoms with van der Waals surface area (Å²) in [7, 11) is -3.58. The summed E-state index contributed by atoms with van der Waals surface area (Å²) in [4.78, 5) is 17.4. The first kappa shape index (κ1) is 21.8. The van der Waals surface area contributed by atoms with Crippen LogP contribution in [0, 0.1) is 0 Å². The highest BCUT2D eigenvalue weighted by molar-refractivity contribution is 7.89. The van der Waals surface area contributed by atoms with Crippen molar-refractivity contribution in [3.05, 3.63) is 42.5 Å². The molecule has 2 heterocycles. The summed E-state index contributed by atoms with van der Waals surface area (Å²) in [5, 5.41) is 1.93. The number of carbonyl (C=O) groups excluding carboxylic acids is 1. The van der Waals surface area contributed by atoms with Crippen LogP contribution in [-0.2, 0) is 19.6 Å². The first-order valence-electron chi connectivity index (χ1n) is 11.6. The molecule has 2 unspecified atom stereocenters. The number of carbonyl (C=O) groups is 1. The van der Waals surface area contributed by atoms with Crippen LogP contribution >= 0.6 is 0 Å². The van der Waals surface area contributed by atoms with Gasteiger partial charge in [0.05, 0.1) is 24.2 Å². The molecule has 7 nitrogen and oxygen atoms in total. The summed E-state index contributed by atoms with van der Waals surface area (Å²) in [6.07, 6.45) is 4.84. The van der Waals surface area contributed by atoms with Crippen molar-refractivity contribution < 1.29 is 17.9 Å². The summed E-state index contributed by atoms with van der Waals surface area (Å²) in [5.41, 5.74) is 0. The summed E-state index contributed by atoms with van der Waals surface area (Å²) >= 11 is 0. The van der Waals surface area contributed by atoms with E-state index in [0.29, 0.717) is 50.3 Å². The third kappa shape index (κ3) is 4.29. The predicted octanol–water partition coefficient (Wildman–Crippen LogP) is 2.32. The van der Waals surface area contributed by atoms with Gasteiger partial charge in [0.25, 0.3) is 0 Å². The van der Waals surface area contributed by atoms with Crippen LogP contribution in [0.3, 0.4) is 0 Å². The molecule has 2 atom stereocenters. The number of morpholine rings is 1. The minimum Gasteiger partial charge on any atom is -0.375 e. The highest BCUT2D eigenvalue weighted by Gasteiger charge is 2.36. The van der Waals surface area contributed by atoms with Crippen molar-refractivity contribution >= 4 is 26.7 Å². The number of rotatable bonds is 4. The normalized spacial score (nSPS) is 25.6. The zero-order valence-corrected chi connectivity index (χ0v) is 19.2. The largest absolute Gasteiger partial charge is 0.375 e. The van der Waals surface area contributed by atoms with E-state index >= 15 is 0 Å². The Morgan fingerprint density at radius 1 is 0.938 bits per heavy atom. The Balaban J connectivity index is 1.21. The summed E-state index contributed by atoms with van der Waals surface area (Å²) < 4.78 is 33.8. The second kappa shape index (κ2) is 9.09. The molecule has 3 aliphatic rings. The maximum atomic E-state index is 13.2. The number of hydrogen-bond acceptors (Lipinski definition) is 5. The molecule has 1 aliphatic carbocycles. The number of ether oxygens (including phenoxy) is 1. The van der Waals surface area contributed by atoms with Gasteiger partial charge in [0.1, 0.15) is 0 Å². The Bertz CT molecular complexity index is 1080. The molecule has 2 aromatic rings. The highest BCUT2D eigenvalue weighted by Crippen LogP contribution is 2.28. The average Bonchev–Trinajstić information content (AvgIpc) is 2.84. The van der Waals surface area contributed by atoms with E-state index in [9.17, 15) is 13.2 Å². The van der Waals surface area contributed by atoms with Gasteiger partial charge in [-0.3, -0.25) is 9.69 Å². The van der Waals surface area contributed by atoms with Gasteiger partial charge in [0.15, 0.2) is 0 Å². The molecule has 0 radical (unpaired) electrons. The Morgan fingerprint density at radius 2 is 1.69 bits per heavy atom. The van der Waals surface area contributed by atoms with E-state index in [4.69, 9.17) is 4.74 Å². The van der Waals surface area contributed by atoms with Crippen molar-refractivity contribution in [3.8, 4) is 0 Å². The minimum absolute atomic E-state index is 0.0963. The summed E-state index contributed by atoms with van der Waals surface area (Å²) in [6.45, 7) is 3.41. The number of benzene rings is 2. The number of sulfonamides is 1. The fraction of sp³-hybridized carbons (Fsp3) is 0.542. The molecule has 1 saturated carbocycles. The third-order valence-electron chi connectivity index (χ3n) is 7.14. The molecule has 0 spiro atoms. The van der Waals surface area contributed by atoms with Gasteiger partial charge in [-0.15, -0.1) is 0 Å². The molecule has 3 fully saturated rings. The van der Waals surface area contributed by atoms with E-state index in [1.165, 1.54) is 17.1 Å². The van der Waals surface area contributed by atoms with Crippen molar-refractivity contribution in [1.29, 1.82) is 0 Å². The summed E-state index contributed by atoms with van der Waals surface area (Å²) in [5.74, 6) is 0.0963. The number of piperazine rings is 1. The standard InChI is InChI=1S/C24H31N3O4S/c28-24(18-26-15-16-31-23-8-4-3-7-22(23)26)25-11-13-27(14-12-25)32(29,30)21-10-9-19-5-1-2-6-20(19)17-21/h1-2,5-6,9-10,17,22-23H,3-4,7-8,11-16,18H2. The molecule has 2 aliphatic heterocycles. The van der Waals surface area contributed by atoms with Crippen LogP contribution in [0.1, 0.15) is 25.7 Å². The number of hydrogen-bond donors (Lipinski definition) is 0. The van der Waals surface area contributed by atoms with E-state index in [1.54, 1.807) is 12.1 Å². The molecule has 8 heteroatoms. The van der Waals surface area contributed by atoms with Gasteiger partial charge >= 0.3 is 0 Å². The van der Waals surface area contributed by atoms with Crippen molar-refractivity contribution in [2.45, 2.75) is 42.7 Å². The van der Waals surface area contributed by atoms with Crippen LogP contribution in [-0.4, -0.2) is 86.5 Å². The van der Waals surface area contributed by atoms with Crippen LogP contribution in [0.15, 0.2) is 47.4 Å². The molecule has 2 aromatic carbocycles. The first-order valence-corrected chi connectivity index (χ1v) is 13.1. The molecular weight excluding hydrogens is 426 g/mol. The predicted molar refractivity (Wildman–Crippen MR) is 123 cm³/mol. The lowest BCUT2D eigenvalue weighted by Gasteiger charge is -2.44. The van der Waals surface area contributed by atoms with Gasteiger partial charge in [-0.05, 0) is 35.7 Å². The molecule has 1 amide bonds. The first-order chi connectivity index (χ1) is 15.5. The van der Waals surface area contributed by atoms with Crippen molar-refractivity contribution in [1.82, 2.24) is 14.1 Å². The van der Waals surface area contributed by atoms with Gasteiger partial charge in [-0.1, -0.05) is 43.2 Å². The summed E-state index contributed by atoms with van der Waals surface area (Å²) in [6, 6.07) is 13.4.